The van der Waals surface area contributed by atoms with Gasteiger partial charge in [-0.15, -0.1) is 0 Å². The van der Waals surface area contributed by atoms with Crippen LogP contribution in [0.5, 0.6) is 0 Å². The van der Waals surface area contributed by atoms with Gasteiger partial charge in [0.1, 0.15) is 36.6 Å². The SMILES string of the molecule is Nc1ccn(C2CC(OP(=O)(O)OC[C@H]3O[C@@H](n4cnc5c(=O)[nH]c(N)nc54)C[C@@H]3O)C(CO)O2)c(=O)n1. The molecule has 8 N–H and O–H groups in total. The van der Waals surface area contributed by atoms with E-state index in [9.17, 15) is 29.3 Å². The summed E-state index contributed by atoms with van der Waals surface area (Å²) in [6, 6.07) is 1.38. The highest BCUT2D eigenvalue weighted by Crippen LogP contribution is 2.49. The van der Waals surface area contributed by atoms with E-state index in [0.29, 0.717) is 0 Å². The van der Waals surface area contributed by atoms with Crippen LogP contribution in [0.2, 0.25) is 0 Å². The van der Waals surface area contributed by atoms with E-state index in [4.69, 9.17) is 30.0 Å². The Morgan fingerprint density at radius 3 is 2.63 bits per heavy atom. The van der Waals surface area contributed by atoms with Crippen LogP contribution in [-0.2, 0) is 23.1 Å². The standard InChI is InChI=1S/C19H25N8O10P/c20-12-1-2-26(19(31)23-12)14-4-9(10(5-28)35-14)37-38(32,33)34-6-11-8(29)3-13(36-11)27-7-22-15-16(27)24-18(21)25-17(15)30/h1-2,7-11,13-14,28-29H,3-6H2,(H,32,33)(H2,20,23,31)(H3,21,24,25,30)/t8-,9?,10?,11+,13+,14?/m0/s1. The molecule has 0 aromatic carbocycles. The fourth-order valence-electron chi connectivity index (χ4n) is 4.35. The van der Waals surface area contributed by atoms with E-state index in [1.807, 2.05) is 0 Å². The van der Waals surface area contributed by atoms with Crippen LogP contribution >= 0.6 is 7.82 Å². The zero-order valence-corrected chi connectivity index (χ0v) is 20.5. The molecule has 18 nitrogen and oxygen atoms in total. The smallest absolute Gasteiger partial charge is 0.394 e. The van der Waals surface area contributed by atoms with Crippen molar-refractivity contribution < 1.29 is 38.2 Å². The minimum atomic E-state index is -4.74. The normalized spacial score (nSPS) is 29.1. The molecule has 38 heavy (non-hydrogen) atoms. The Bertz CT molecular complexity index is 1490. The summed E-state index contributed by atoms with van der Waals surface area (Å²) in [6.07, 6.45) is -3.42. The molecule has 2 aliphatic rings. The van der Waals surface area contributed by atoms with Crippen molar-refractivity contribution in [1.82, 2.24) is 29.1 Å². The Balaban J connectivity index is 1.22. The van der Waals surface area contributed by atoms with Crippen LogP contribution in [-0.4, -0.2) is 81.8 Å². The Kier molecular flexibility index (Phi) is 7.05. The molecule has 2 fully saturated rings. The van der Waals surface area contributed by atoms with Crippen molar-refractivity contribution in [1.29, 1.82) is 0 Å². The van der Waals surface area contributed by atoms with Gasteiger partial charge in [0.2, 0.25) is 5.95 Å². The molecule has 3 aromatic rings. The van der Waals surface area contributed by atoms with E-state index >= 15 is 0 Å². The second-order valence-corrected chi connectivity index (χ2v) is 10.1. The largest absolute Gasteiger partial charge is 0.472 e. The van der Waals surface area contributed by atoms with Crippen molar-refractivity contribution in [2.45, 2.75) is 49.7 Å². The number of aliphatic hydroxyl groups is 2. The fourth-order valence-corrected chi connectivity index (χ4v) is 5.31. The number of hydrogen-bond donors (Lipinski definition) is 6. The first-order valence-electron chi connectivity index (χ1n) is 11.4. The molecule has 2 aliphatic heterocycles. The Hall–Kier alpha value is -3.22. The zero-order chi connectivity index (χ0) is 27.2. The molecule has 4 unspecified atom stereocenters. The van der Waals surface area contributed by atoms with Crippen molar-refractivity contribution in [3.63, 3.8) is 0 Å². The maximum atomic E-state index is 12.7. The number of rotatable bonds is 8. The minimum absolute atomic E-state index is 0.0119. The topological polar surface area (TPSA) is 265 Å². The highest BCUT2D eigenvalue weighted by Gasteiger charge is 2.43. The summed E-state index contributed by atoms with van der Waals surface area (Å²) in [5, 5.41) is 20.1. The van der Waals surface area contributed by atoms with Gasteiger partial charge in [0, 0.05) is 19.0 Å². The number of ether oxygens (including phenoxy) is 2. The van der Waals surface area contributed by atoms with Gasteiger partial charge in [0.05, 0.1) is 25.6 Å². The number of nitrogen functional groups attached to an aromatic ring is 2. The van der Waals surface area contributed by atoms with Gasteiger partial charge >= 0.3 is 13.5 Å². The monoisotopic (exact) mass is 556 g/mol. The number of imidazole rings is 1. The van der Waals surface area contributed by atoms with E-state index in [1.165, 1.54) is 23.2 Å². The van der Waals surface area contributed by atoms with Crippen molar-refractivity contribution in [3.8, 4) is 0 Å². The Labute approximate surface area is 212 Å². The minimum Gasteiger partial charge on any atom is -0.394 e. The average Bonchev–Trinajstić information content (AvgIpc) is 3.54. The number of aromatic nitrogens is 6. The van der Waals surface area contributed by atoms with Gasteiger partial charge in [-0.05, 0) is 6.07 Å². The Morgan fingerprint density at radius 1 is 1.16 bits per heavy atom. The van der Waals surface area contributed by atoms with Crippen molar-refractivity contribution in [3.05, 3.63) is 39.4 Å². The number of H-pyrrole nitrogens is 1. The number of phosphoric acid groups is 1. The first-order valence-corrected chi connectivity index (χ1v) is 12.9. The van der Waals surface area contributed by atoms with E-state index in [0.717, 1.165) is 4.57 Å². The van der Waals surface area contributed by atoms with E-state index in [2.05, 4.69) is 19.9 Å². The van der Waals surface area contributed by atoms with Gasteiger partial charge in [-0.2, -0.15) is 9.97 Å². The van der Waals surface area contributed by atoms with Crippen molar-refractivity contribution >= 4 is 30.8 Å². The number of fused-ring (bicyclic) bond motifs is 1. The molecule has 0 radical (unpaired) electrons. The van der Waals surface area contributed by atoms with Crippen LogP contribution in [0.15, 0.2) is 28.2 Å². The molecule has 206 valence electrons. The third kappa shape index (κ3) is 5.20. The maximum Gasteiger partial charge on any atom is 0.472 e. The summed E-state index contributed by atoms with van der Waals surface area (Å²) >= 11 is 0. The first kappa shape index (κ1) is 26.4. The lowest BCUT2D eigenvalue weighted by Gasteiger charge is -2.21. The summed E-state index contributed by atoms with van der Waals surface area (Å²) in [5.74, 6) is -0.115. The number of nitrogens with zero attached hydrogens (tertiary/aromatic N) is 5. The molecule has 0 bridgehead atoms. The molecular weight excluding hydrogens is 531 g/mol. The number of aromatic amines is 1. The third-order valence-corrected chi connectivity index (χ3v) is 7.17. The van der Waals surface area contributed by atoms with E-state index < -0.39 is 69.2 Å². The summed E-state index contributed by atoms with van der Waals surface area (Å²) in [5.41, 5.74) is 10.0. The molecule has 0 aliphatic carbocycles. The van der Waals surface area contributed by atoms with Crippen LogP contribution < -0.4 is 22.7 Å². The van der Waals surface area contributed by atoms with Crippen LogP contribution in [0.1, 0.15) is 25.3 Å². The molecule has 0 saturated carbocycles. The zero-order valence-electron chi connectivity index (χ0n) is 19.6. The van der Waals surface area contributed by atoms with Crippen LogP contribution in [0, 0.1) is 0 Å². The Morgan fingerprint density at radius 2 is 1.89 bits per heavy atom. The summed E-state index contributed by atoms with van der Waals surface area (Å²) in [6.45, 7) is -1.10. The fraction of sp³-hybridized carbons (Fsp3) is 0.526. The van der Waals surface area contributed by atoms with Gasteiger partial charge in [0.25, 0.3) is 5.56 Å². The van der Waals surface area contributed by atoms with Gasteiger partial charge in [-0.3, -0.25) is 28.0 Å². The quantitative estimate of drug-likeness (QED) is 0.163. The van der Waals surface area contributed by atoms with E-state index in [-0.39, 0.29) is 35.8 Å². The van der Waals surface area contributed by atoms with E-state index in [1.54, 1.807) is 0 Å². The molecule has 19 heteroatoms. The van der Waals surface area contributed by atoms with Gasteiger partial charge in [-0.25, -0.2) is 14.3 Å². The molecule has 2 saturated heterocycles. The highest BCUT2D eigenvalue weighted by atomic mass is 31.2. The van der Waals surface area contributed by atoms with Gasteiger partial charge in [0.15, 0.2) is 11.2 Å². The number of phosphoric ester groups is 1. The molecular formula is C19H25N8O10P. The average molecular weight is 556 g/mol. The summed E-state index contributed by atoms with van der Waals surface area (Å²) < 4.78 is 36.8. The molecule has 0 spiro atoms. The molecule has 0 amide bonds. The molecule has 7 atom stereocenters. The molecule has 3 aromatic heterocycles. The second-order valence-electron chi connectivity index (χ2n) is 8.71. The lowest BCUT2D eigenvalue weighted by Crippen LogP contribution is -2.29. The number of nitrogens with two attached hydrogens (primary N) is 2. The predicted octanol–water partition coefficient (Wildman–Crippen LogP) is -2.03. The number of nitrogens with one attached hydrogen (secondary N) is 1. The third-order valence-electron chi connectivity index (χ3n) is 6.16. The number of hydrogen-bond acceptors (Lipinski definition) is 14. The maximum absolute atomic E-state index is 12.7. The number of anilines is 2. The van der Waals surface area contributed by atoms with Crippen LogP contribution in [0.4, 0.5) is 11.8 Å². The van der Waals surface area contributed by atoms with Crippen molar-refractivity contribution in [2.24, 2.45) is 0 Å². The molecule has 5 heterocycles. The summed E-state index contributed by atoms with van der Waals surface area (Å²) in [7, 11) is -4.74. The van der Waals surface area contributed by atoms with Crippen LogP contribution in [0.3, 0.4) is 0 Å². The summed E-state index contributed by atoms with van der Waals surface area (Å²) in [4.78, 5) is 48.4. The highest BCUT2D eigenvalue weighted by molar-refractivity contribution is 7.47. The number of aliphatic hydroxyl groups excluding tert-OH is 2. The van der Waals surface area contributed by atoms with Gasteiger partial charge < -0.3 is 36.0 Å². The molecule has 5 rings (SSSR count). The second kappa shape index (κ2) is 10.2. The lowest BCUT2D eigenvalue weighted by molar-refractivity contribution is -0.0564. The lowest BCUT2D eigenvalue weighted by atomic mass is 10.2. The first-order chi connectivity index (χ1) is 18.0. The van der Waals surface area contributed by atoms with Crippen molar-refractivity contribution in [2.75, 3.05) is 24.7 Å². The predicted molar refractivity (Wildman–Crippen MR) is 126 cm³/mol. The van der Waals surface area contributed by atoms with Gasteiger partial charge in [-0.1, -0.05) is 0 Å². The van der Waals surface area contributed by atoms with Crippen LogP contribution in [0.25, 0.3) is 11.2 Å².